The summed E-state index contributed by atoms with van der Waals surface area (Å²) in [7, 11) is -3.65. The zero-order valence-electron chi connectivity index (χ0n) is 13.3. The van der Waals surface area contributed by atoms with E-state index in [4.69, 9.17) is 4.52 Å². The second-order valence-electron chi connectivity index (χ2n) is 5.23. The molecule has 0 saturated heterocycles. The van der Waals surface area contributed by atoms with Crippen LogP contribution in [0.3, 0.4) is 0 Å². The molecule has 24 heavy (non-hydrogen) atoms. The second kappa shape index (κ2) is 6.54. The molecular weight excluding hydrogens is 330 g/mol. The van der Waals surface area contributed by atoms with Crippen LogP contribution in [0.1, 0.15) is 11.5 Å². The van der Waals surface area contributed by atoms with Crippen molar-refractivity contribution >= 4 is 10.0 Å². The molecule has 0 spiro atoms. The predicted molar refractivity (Wildman–Crippen MR) is 86.6 cm³/mol. The molecule has 1 N–H and O–H groups in total. The summed E-state index contributed by atoms with van der Waals surface area (Å²) in [5.41, 5.74) is 1.85. The third-order valence-corrected chi connectivity index (χ3v) is 5.14. The average Bonchev–Trinajstić information content (AvgIpc) is 3.15. The van der Waals surface area contributed by atoms with Crippen molar-refractivity contribution < 1.29 is 12.9 Å². The number of hydrogen-bond acceptors (Lipinski definition) is 6. The van der Waals surface area contributed by atoms with Crippen molar-refractivity contribution in [2.45, 2.75) is 25.3 Å². The fraction of sp³-hybridized carbons (Fsp3) is 0.267. The highest BCUT2D eigenvalue weighted by molar-refractivity contribution is 7.89. The van der Waals surface area contributed by atoms with Gasteiger partial charge in [0.1, 0.15) is 16.3 Å². The molecule has 8 nitrogen and oxygen atoms in total. The van der Waals surface area contributed by atoms with Crippen LogP contribution < -0.4 is 4.72 Å². The lowest BCUT2D eigenvalue weighted by Gasteiger charge is -2.06. The quantitative estimate of drug-likeness (QED) is 0.725. The normalized spacial score (nSPS) is 11.8. The molecule has 3 aromatic heterocycles. The van der Waals surface area contributed by atoms with Gasteiger partial charge >= 0.3 is 0 Å². The van der Waals surface area contributed by atoms with E-state index in [1.54, 1.807) is 30.9 Å². The third-order valence-electron chi connectivity index (χ3n) is 3.44. The summed E-state index contributed by atoms with van der Waals surface area (Å²) < 4.78 is 33.7. The van der Waals surface area contributed by atoms with Gasteiger partial charge in [0.2, 0.25) is 10.0 Å². The molecule has 0 amide bonds. The van der Waals surface area contributed by atoms with E-state index in [2.05, 4.69) is 20.0 Å². The molecule has 0 unspecified atom stereocenters. The van der Waals surface area contributed by atoms with Crippen LogP contribution in [-0.4, -0.2) is 34.9 Å². The molecule has 3 aromatic rings. The molecule has 9 heteroatoms. The first-order chi connectivity index (χ1) is 11.5. The number of sulfonamides is 1. The van der Waals surface area contributed by atoms with E-state index in [9.17, 15) is 8.42 Å². The van der Waals surface area contributed by atoms with Gasteiger partial charge in [0.05, 0.1) is 12.2 Å². The highest BCUT2D eigenvalue weighted by Crippen LogP contribution is 2.18. The summed E-state index contributed by atoms with van der Waals surface area (Å²) >= 11 is 0. The van der Waals surface area contributed by atoms with Crippen LogP contribution in [0, 0.1) is 13.8 Å². The molecule has 0 aliphatic rings. The monoisotopic (exact) mass is 347 g/mol. The van der Waals surface area contributed by atoms with Gasteiger partial charge in [0.25, 0.3) is 0 Å². The highest BCUT2D eigenvalue weighted by atomic mass is 32.2. The standard InChI is InChI=1S/C15H17N5O3S/c1-11-15(12(2)23-19-11)24(21,22)17-8-10-20-9-6-14(18-20)13-5-3-4-7-16-13/h3-7,9,17H,8,10H2,1-2H3. The molecule has 0 aromatic carbocycles. The Labute approximate surface area is 139 Å². The van der Waals surface area contributed by atoms with Crippen molar-refractivity contribution in [3.8, 4) is 11.4 Å². The van der Waals surface area contributed by atoms with Crippen LogP contribution in [0.15, 0.2) is 46.1 Å². The van der Waals surface area contributed by atoms with E-state index in [0.29, 0.717) is 12.2 Å². The minimum atomic E-state index is -3.65. The molecule has 0 radical (unpaired) electrons. The number of hydrogen-bond donors (Lipinski definition) is 1. The van der Waals surface area contributed by atoms with E-state index in [0.717, 1.165) is 11.4 Å². The summed E-state index contributed by atoms with van der Waals surface area (Å²) in [5, 5.41) is 8.05. The van der Waals surface area contributed by atoms with E-state index < -0.39 is 10.0 Å². The Kier molecular flexibility index (Phi) is 4.45. The van der Waals surface area contributed by atoms with E-state index in [1.165, 1.54) is 0 Å². The molecule has 0 atom stereocenters. The van der Waals surface area contributed by atoms with E-state index in [-0.39, 0.29) is 17.2 Å². The Hall–Kier alpha value is -2.52. The Balaban J connectivity index is 1.64. The molecule has 0 fully saturated rings. The molecule has 0 saturated carbocycles. The van der Waals surface area contributed by atoms with E-state index >= 15 is 0 Å². The van der Waals surface area contributed by atoms with Gasteiger partial charge in [-0.2, -0.15) is 5.10 Å². The lowest BCUT2D eigenvalue weighted by atomic mass is 10.3. The van der Waals surface area contributed by atoms with Gasteiger partial charge in [-0.05, 0) is 32.0 Å². The lowest BCUT2D eigenvalue weighted by molar-refractivity contribution is 0.390. The van der Waals surface area contributed by atoms with Gasteiger partial charge in [-0.1, -0.05) is 11.2 Å². The summed E-state index contributed by atoms with van der Waals surface area (Å²) in [6.07, 6.45) is 3.49. The van der Waals surface area contributed by atoms with Crippen LogP contribution in [-0.2, 0) is 16.6 Å². The van der Waals surface area contributed by atoms with Crippen LogP contribution >= 0.6 is 0 Å². The molecular formula is C15H17N5O3S. The maximum Gasteiger partial charge on any atom is 0.246 e. The number of nitrogens with zero attached hydrogens (tertiary/aromatic N) is 4. The van der Waals surface area contributed by atoms with Crippen molar-refractivity contribution in [1.82, 2.24) is 24.6 Å². The molecule has 3 rings (SSSR count). The molecule has 0 aliphatic heterocycles. The summed E-state index contributed by atoms with van der Waals surface area (Å²) in [6.45, 7) is 3.77. The number of aryl methyl sites for hydroxylation is 2. The Bertz CT molecular complexity index is 912. The molecule has 126 valence electrons. The van der Waals surface area contributed by atoms with Crippen molar-refractivity contribution in [2.75, 3.05) is 6.54 Å². The average molecular weight is 347 g/mol. The highest BCUT2D eigenvalue weighted by Gasteiger charge is 2.23. The Morgan fingerprint density at radius 1 is 1.21 bits per heavy atom. The summed E-state index contributed by atoms with van der Waals surface area (Å²) in [4.78, 5) is 4.32. The number of pyridine rings is 1. The minimum absolute atomic E-state index is 0.0946. The maximum atomic E-state index is 12.3. The summed E-state index contributed by atoms with van der Waals surface area (Å²) in [6, 6.07) is 7.43. The zero-order valence-corrected chi connectivity index (χ0v) is 14.1. The van der Waals surface area contributed by atoms with Crippen molar-refractivity contribution in [3.05, 3.63) is 48.1 Å². The van der Waals surface area contributed by atoms with Gasteiger partial charge in [0.15, 0.2) is 5.76 Å². The zero-order chi connectivity index (χ0) is 17.2. The first-order valence-corrected chi connectivity index (χ1v) is 8.83. The Morgan fingerprint density at radius 2 is 2.04 bits per heavy atom. The number of aromatic nitrogens is 4. The van der Waals surface area contributed by atoms with E-state index in [1.807, 2.05) is 24.3 Å². The van der Waals surface area contributed by atoms with Gasteiger partial charge in [0, 0.05) is 18.9 Å². The summed E-state index contributed by atoms with van der Waals surface area (Å²) in [5.74, 6) is 0.275. The van der Waals surface area contributed by atoms with Crippen molar-refractivity contribution in [1.29, 1.82) is 0 Å². The largest absolute Gasteiger partial charge is 0.360 e. The first-order valence-electron chi connectivity index (χ1n) is 7.35. The Morgan fingerprint density at radius 3 is 2.71 bits per heavy atom. The van der Waals surface area contributed by atoms with Gasteiger partial charge in [-0.25, -0.2) is 13.1 Å². The van der Waals surface area contributed by atoms with Gasteiger partial charge in [-0.15, -0.1) is 0 Å². The molecule has 3 heterocycles. The van der Waals surface area contributed by atoms with Gasteiger partial charge < -0.3 is 4.52 Å². The smallest absolute Gasteiger partial charge is 0.246 e. The molecule has 0 bridgehead atoms. The van der Waals surface area contributed by atoms with Crippen LogP contribution in [0.4, 0.5) is 0 Å². The minimum Gasteiger partial charge on any atom is -0.360 e. The number of rotatable bonds is 6. The molecule has 0 aliphatic carbocycles. The SMILES string of the molecule is Cc1noc(C)c1S(=O)(=O)NCCn1ccc(-c2ccccn2)n1. The fourth-order valence-electron chi connectivity index (χ4n) is 2.36. The third kappa shape index (κ3) is 3.36. The van der Waals surface area contributed by atoms with Crippen LogP contribution in [0.5, 0.6) is 0 Å². The first kappa shape index (κ1) is 16.3. The lowest BCUT2D eigenvalue weighted by Crippen LogP contribution is -2.28. The van der Waals surface area contributed by atoms with Gasteiger partial charge in [-0.3, -0.25) is 9.67 Å². The van der Waals surface area contributed by atoms with Crippen LogP contribution in [0.2, 0.25) is 0 Å². The maximum absolute atomic E-state index is 12.3. The topological polar surface area (TPSA) is 103 Å². The van der Waals surface area contributed by atoms with Crippen LogP contribution in [0.25, 0.3) is 11.4 Å². The predicted octanol–water partition coefficient (Wildman–Crippen LogP) is 1.53. The number of nitrogens with one attached hydrogen (secondary N) is 1. The second-order valence-corrected chi connectivity index (χ2v) is 6.93. The van der Waals surface area contributed by atoms with Crippen molar-refractivity contribution in [3.63, 3.8) is 0 Å². The van der Waals surface area contributed by atoms with Crippen molar-refractivity contribution in [2.24, 2.45) is 0 Å². The fourth-order valence-corrected chi connectivity index (χ4v) is 3.71.